The van der Waals surface area contributed by atoms with E-state index in [1.54, 1.807) is 13.2 Å². The molecule has 1 aliphatic heterocycles. The number of para-hydroxylation sites is 1. The van der Waals surface area contributed by atoms with Crippen molar-refractivity contribution in [2.45, 2.75) is 13.8 Å². The zero-order chi connectivity index (χ0) is 22.0. The fourth-order valence-electron chi connectivity index (χ4n) is 2.88. The van der Waals surface area contributed by atoms with Crippen molar-refractivity contribution in [3.05, 3.63) is 52.9 Å². The zero-order valence-electron chi connectivity index (χ0n) is 17.2. The van der Waals surface area contributed by atoms with Gasteiger partial charge in [0.15, 0.2) is 15.8 Å². The van der Waals surface area contributed by atoms with Crippen LogP contribution in [0.2, 0.25) is 0 Å². The van der Waals surface area contributed by atoms with E-state index in [1.807, 2.05) is 42.5 Å². The molecule has 0 atom stereocenters. The van der Waals surface area contributed by atoms with Crippen LogP contribution in [0.15, 0.2) is 47.4 Å². The van der Waals surface area contributed by atoms with Crippen LogP contribution in [0, 0.1) is 5.92 Å². The summed E-state index contributed by atoms with van der Waals surface area (Å²) in [4.78, 5) is 18.0. The smallest absolute Gasteiger partial charge is 0.285 e. The lowest BCUT2D eigenvalue weighted by Gasteiger charge is -2.14. The summed E-state index contributed by atoms with van der Waals surface area (Å²) < 4.78 is 12.7. The molecule has 0 unspecified atom stereocenters. The second kappa shape index (κ2) is 9.25. The average Bonchev–Trinajstić information content (AvgIpc) is 3.28. The Bertz CT molecular complexity index is 1140. The van der Waals surface area contributed by atoms with Gasteiger partial charge in [-0.2, -0.15) is 5.01 Å². The number of aromatic nitrogens is 1. The SMILES string of the molecule is COc1cc(/C=C2\SC(=S)N(Nc3nc4ccccc4s3)C2=O)ccc1OCC(C)C. The Kier molecular flexibility index (Phi) is 6.45. The third-order valence-corrected chi connectivity index (χ3v) is 6.60. The van der Waals surface area contributed by atoms with Crippen LogP contribution in [-0.2, 0) is 4.79 Å². The van der Waals surface area contributed by atoms with Crippen LogP contribution in [0.3, 0.4) is 0 Å². The van der Waals surface area contributed by atoms with E-state index in [1.165, 1.54) is 28.1 Å². The van der Waals surface area contributed by atoms with Crippen LogP contribution in [0.4, 0.5) is 5.13 Å². The molecule has 3 aromatic rings. The van der Waals surface area contributed by atoms with Crippen molar-refractivity contribution in [3.8, 4) is 11.5 Å². The van der Waals surface area contributed by atoms with Gasteiger partial charge in [-0.3, -0.25) is 10.2 Å². The molecule has 2 heterocycles. The van der Waals surface area contributed by atoms with E-state index in [4.69, 9.17) is 21.7 Å². The highest BCUT2D eigenvalue weighted by molar-refractivity contribution is 8.26. The van der Waals surface area contributed by atoms with Crippen LogP contribution in [0.1, 0.15) is 19.4 Å². The second-order valence-corrected chi connectivity index (χ2v) is 9.94. The summed E-state index contributed by atoms with van der Waals surface area (Å²) in [5.74, 6) is 1.50. The summed E-state index contributed by atoms with van der Waals surface area (Å²) in [5.41, 5.74) is 4.75. The van der Waals surface area contributed by atoms with Crippen LogP contribution in [-0.4, -0.2) is 33.9 Å². The summed E-state index contributed by atoms with van der Waals surface area (Å²) in [6, 6.07) is 13.4. The molecule has 160 valence electrons. The van der Waals surface area contributed by atoms with Gasteiger partial charge in [-0.1, -0.05) is 55.1 Å². The molecule has 0 spiro atoms. The van der Waals surface area contributed by atoms with Crippen LogP contribution in [0.5, 0.6) is 11.5 Å². The lowest BCUT2D eigenvalue weighted by atomic mass is 10.2. The largest absolute Gasteiger partial charge is 0.493 e. The maximum Gasteiger partial charge on any atom is 0.285 e. The first-order chi connectivity index (χ1) is 14.9. The number of carbonyl (C=O) groups excluding carboxylic acids is 1. The molecule has 1 N–H and O–H groups in total. The molecule has 9 heteroatoms. The third-order valence-electron chi connectivity index (χ3n) is 4.35. The lowest BCUT2D eigenvalue weighted by molar-refractivity contribution is -0.121. The first-order valence-corrected chi connectivity index (χ1v) is 11.7. The van der Waals surface area contributed by atoms with Crippen molar-refractivity contribution in [1.29, 1.82) is 0 Å². The number of hydrogen-bond acceptors (Lipinski definition) is 8. The number of rotatable bonds is 7. The Hall–Kier alpha value is -2.62. The number of methoxy groups -OCH3 is 1. The van der Waals surface area contributed by atoms with E-state index in [2.05, 4.69) is 24.3 Å². The summed E-state index contributed by atoms with van der Waals surface area (Å²) >= 11 is 8.13. The maximum absolute atomic E-state index is 12.9. The maximum atomic E-state index is 12.9. The van der Waals surface area contributed by atoms with E-state index in [-0.39, 0.29) is 5.91 Å². The molecule has 31 heavy (non-hydrogen) atoms. The molecule has 2 aromatic carbocycles. The molecular formula is C22H21N3O3S3. The molecule has 0 aliphatic carbocycles. The normalized spacial score (nSPS) is 15.4. The highest BCUT2D eigenvalue weighted by atomic mass is 32.2. The number of nitrogens with zero attached hydrogens (tertiary/aromatic N) is 2. The van der Waals surface area contributed by atoms with Gasteiger partial charge < -0.3 is 9.47 Å². The van der Waals surface area contributed by atoms with Crippen LogP contribution >= 0.6 is 35.3 Å². The number of carbonyl (C=O) groups is 1. The highest BCUT2D eigenvalue weighted by Gasteiger charge is 2.33. The standard InChI is InChI=1S/C22H21N3O3S3/c1-13(2)12-28-16-9-8-14(10-17(16)27-3)11-19-20(26)25(22(29)31-19)24-21-23-15-6-4-5-7-18(15)30-21/h4-11,13H,12H2,1-3H3,(H,23,24)/b19-11-. The minimum Gasteiger partial charge on any atom is -0.493 e. The zero-order valence-corrected chi connectivity index (χ0v) is 19.7. The third kappa shape index (κ3) is 4.84. The van der Waals surface area contributed by atoms with Crippen molar-refractivity contribution in [1.82, 2.24) is 9.99 Å². The topological polar surface area (TPSA) is 63.7 Å². The van der Waals surface area contributed by atoms with Gasteiger partial charge in [-0.25, -0.2) is 4.98 Å². The van der Waals surface area contributed by atoms with Crippen molar-refractivity contribution in [2.24, 2.45) is 5.92 Å². The van der Waals surface area contributed by atoms with E-state index >= 15 is 0 Å². The molecule has 6 nitrogen and oxygen atoms in total. The number of hydrogen-bond donors (Lipinski definition) is 1. The van der Waals surface area contributed by atoms with Gasteiger partial charge in [0.05, 0.1) is 28.8 Å². The number of amides is 1. The number of hydrazine groups is 1. The number of nitrogens with one attached hydrogen (secondary N) is 1. The predicted octanol–water partition coefficient (Wildman–Crippen LogP) is 5.57. The van der Waals surface area contributed by atoms with Crippen molar-refractivity contribution in [3.63, 3.8) is 0 Å². The highest BCUT2D eigenvalue weighted by Crippen LogP contribution is 2.36. The predicted molar refractivity (Wildman–Crippen MR) is 132 cm³/mol. The first-order valence-electron chi connectivity index (χ1n) is 9.65. The molecule has 0 bridgehead atoms. The number of thiocarbonyl (C=S) groups is 1. The molecule has 0 radical (unpaired) electrons. The van der Waals surface area contributed by atoms with Gasteiger partial charge in [-0.05, 0) is 54.0 Å². The van der Waals surface area contributed by atoms with Crippen LogP contribution in [0.25, 0.3) is 16.3 Å². The van der Waals surface area contributed by atoms with Crippen molar-refractivity contribution >= 4 is 67.0 Å². The van der Waals surface area contributed by atoms with E-state index in [0.29, 0.717) is 38.4 Å². The number of ether oxygens (including phenoxy) is 2. The van der Waals surface area contributed by atoms with Crippen molar-refractivity contribution in [2.75, 3.05) is 19.1 Å². The summed E-state index contributed by atoms with van der Waals surface area (Å²) in [5, 5.41) is 1.98. The fraction of sp³-hybridized carbons (Fsp3) is 0.227. The number of thioether (sulfide) groups is 1. The van der Waals surface area contributed by atoms with Gasteiger partial charge in [-0.15, -0.1) is 0 Å². The average molecular weight is 472 g/mol. The molecule has 1 aliphatic rings. The minimum atomic E-state index is -0.214. The summed E-state index contributed by atoms with van der Waals surface area (Å²) in [6.45, 7) is 4.78. The van der Waals surface area contributed by atoms with Gasteiger partial charge in [0.2, 0.25) is 5.13 Å². The quantitative estimate of drug-likeness (QED) is 0.357. The Morgan fingerprint density at radius 2 is 2.03 bits per heavy atom. The van der Waals surface area contributed by atoms with Gasteiger partial charge in [0, 0.05) is 0 Å². The molecule has 1 amide bonds. The number of thiazole rings is 1. The van der Waals surface area contributed by atoms with E-state index in [9.17, 15) is 4.79 Å². The fourth-order valence-corrected chi connectivity index (χ4v) is 4.91. The Morgan fingerprint density at radius 1 is 1.23 bits per heavy atom. The molecule has 1 saturated heterocycles. The number of anilines is 1. The Labute approximate surface area is 194 Å². The lowest BCUT2D eigenvalue weighted by Crippen LogP contribution is -2.33. The molecule has 1 fully saturated rings. The molecule has 0 saturated carbocycles. The second-order valence-electron chi connectivity index (χ2n) is 7.23. The molecule has 4 rings (SSSR count). The minimum absolute atomic E-state index is 0.214. The Morgan fingerprint density at radius 3 is 2.77 bits per heavy atom. The Balaban J connectivity index is 1.52. The summed E-state index contributed by atoms with van der Waals surface area (Å²) in [6.07, 6.45) is 1.80. The van der Waals surface area contributed by atoms with Gasteiger partial charge in [0.1, 0.15) is 0 Å². The molecule has 1 aromatic heterocycles. The number of fused-ring (bicyclic) bond motifs is 1. The number of benzene rings is 2. The van der Waals surface area contributed by atoms with Crippen LogP contribution < -0.4 is 14.9 Å². The summed E-state index contributed by atoms with van der Waals surface area (Å²) in [7, 11) is 1.60. The van der Waals surface area contributed by atoms with Crippen molar-refractivity contribution < 1.29 is 14.3 Å². The molecular weight excluding hydrogens is 450 g/mol. The van der Waals surface area contributed by atoms with E-state index < -0.39 is 0 Å². The van der Waals surface area contributed by atoms with E-state index in [0.717, 1.165) is 15.8 Å². The monoisotopic (exact) mass is 471 g/mol. The van der Waals surface area contributed by atoms with Gasteiger partial charge in [0.25, 0.3) is 5.91 Å². The van der Waals surface area contributed by atoms with Gasteiger partial charge >= 0.3 is 0 Å². The first kappa shape index (κ1) is 21.6.